The molecule has 1 aromatic carbocycles. The lowest BCUT2D eigenvalue weighted by molar-refractivity contribution is 0.0574. The smallest absolute Gasteiger partial charge is 0.191 e. The molecule has 0 radical (unpaired) electrons. The van der Waals surface area contributed by atoms with Gasteiger partial charge in [-0.1, -0.05) is 50.1 Å². The highest BCUT2D eigenvalue weighted by Gasteiger charge is 2.18. The van der Waals surface area contributed by atoms with Crippen LogP contribution in [0.4, 0.5) is 0 Å². The first-order chi connectivity index (χ1) is 7.29. The number of methoxy groups -OCH3 is 1. The minimum absolute atomic E-state index is 0.0894. The minimum atomic E-state index is -0.285. The van der Waals surface area contributed by atoms with Gasteiger partial charge in [0.2, 0.25) is 0 Å². The molecular formula is C13H18O2. The first-order valence-corrected chi connectivity index (χ1v) is 5.41. The third kappa shape index (κ3) is 3.48. The van der Waals surface area contributed by atoms with E-state index in [0.29, 0.717) is 0 Å². The quantitative estimate of drug-likeness (QED) is 0.669. The van der Waals surface area contributed by atoms with Crippen LogP contribution in [0.5, 0.6) is 0 Å². The second-order valence-corrected chi connectivity index (χ2v) is 3.60. The number of rotatable bonds is 6. The van der Waals surface area contributed by atoms with Gasteiger partial charge in [-0.25, -0.2) is 0 Å². The summed E-state index contributed by atoms with van der Waals surface area (Å²) < 4.78 is 5.22. The molecule has 0 aliphatic heterocycles. The summed E-state index contributed by atoms with van der Waals surface area (Å²) in [5.74, 6) is 0.0894. The molecule has 0 aliphatic rings. The van der Waals surface area contributed by atoms with Crippen LogP contribution < -0.4 is 0 Å². The van der Waals surface area contributed by atoms with E-state index < -0.39 is 0 Å². The fourth-order valence-electron chi connectivity index (χ4n) is 1.53. The van der Waals surface area contributed by atoms with Crippen molar-refractivity contribution in [2.24, 2.45) is 0 Å². The van der Waals surface area contributed by atoms with Crippen LogP contribution in [0, 0.1) is 0 Å². The highest BCUT2D eigenvalue weighted by atomic mass is 16.5. The first-order valence-electron chi connectivity index (χ1n) is 5.41. The number of unbranched alkanes of at least 4 members (excludes halogenated alkanes) is 1. The number of hydrogen-bond donors (Lipinski definition) is 0. The van der Waals surface area contributed by atoms with E-state index in [1.165, 1.54) is 0 Å². The van der Waals surface area contributed by atoms with Gasteiger partial charge in [-0.3, -0.25) is 4.79 Å². The predicted octanol–water partition coefficient (Wildman–Crippen LogP) is 3.07. The number of ether oxygens (including phenoxy) is 1. The zero-order valence-corrected chi connectivity index (χ0v) is 9.40. The number of benzene rings is 1. The molecule has 15 heavy (non-hydrogen) atoms. The van der Waals surface area contributed by atoms with E-state index >= 15 is 0 Å². The fourth-order valence-corrected chi connectivity index (χ4v) is 1.53. The van der Waals surface area contributed by atoms with Gasteiger partial charge >= 0.3 is 0 Å². The van der Waals surface area contributed by atoms with Gasteiger partial charge in [0.15, 0.2) is 5.78 Å². The van der Waals surface area contributed by atoms with E-state index in [0.717, 1.165) is 24.8 Å². The average Bonchev–Trinajstić information content (AvgIpc) is 2.31. The Morgan fingerprint density at radius 2 is 2.00 bits per heavy atom. The maximum atomic E-state index is 12.0. The molecule has 0 bridgehead atoms. The van der Waals surface area contributed by atoms with Gasteiger partial charge in [-0.05, 0) is 6.42 Å². The van der Waals surface area contributed by atoms with Gasteiger partial charge < -0.3 is 4.74 Å². The van der Waals surface area contributed by atoms with Crippen molar-refractivity contribution in [1.82, 2.24) is 0 Å². The Hall–Kier alpha value is -1.15. The first kappa shape index (κ1) is 11.9. The van der Waals surface area contributed by atoms with Gasteiger partial charge in [0.1, 0.15) is 6.10 Å². The molecule has 0 unspecified atom stereocenters. The molecule has 0 N–H and O–H groups in total. The van der Waals surface area contributed by atoms with Crippen molar-refractivity contribution in [3.8, 4) is 0 Å². The van der Waals surface area contributed by atoms with Crippen molar-refractivity contribution in [3.05, 3.63) is 35.9 Å². The number of carbonyl (C=O) groups is 1. The largest absolute Gasteiger partial charge is 0.373 e. The lowest BCUT2D eigenvalue weighted by Crippen LogP contribution is -2.22. The lowest BCUT2D eigenvalue weighted by atomic mass is 10.0. The molecule has 0 amide bonds. The number of carbonyl (C=O) groups excluding carboxylic acids is 1. The number of ketones is 1. The molecule has 2 heteroatoms. The summed E-state index contributed by atoms with van der Waals surface area (Å²) in [5.41, 5.74) is 0.737. The van der Waals surface area contributed by atoms with Crippen molar-refractivity contribution in [2.45, 2.75) is 32.3 Å². The molecule has 0 aliphatic carbocycles. The monoisotopic (exact) mass is 206 g/mol. The van der Waals surface area contributed by atoms with E-state index in [9.17, 15) is 4.79 Å². The molecule has 0 aromatic heterocycles. The molecule has 0 saturated heterocycles. The molecule has 1 aromatic rings. The van der Waals surface area contributed by atoms with E-state index in [4.69, 9.17) is 4.74 Å². The summed E-state index contributed by atoms with van der Waals surface area (Å²) in [6, 6.07) is 9.32. The van der Waals surface area contributed by atoms with Gasteiger partial charge in [-0.15, -0.1) is 0 Å². The standard InChI is InChI=1S/C13H18O2/c1-3-4-10-12(15-2)13(14)11-8-6-5-7-9-11/h5-9,12H,3-4,10H2,1-2H3/t12-/m1/s1. The van der Waals surface area contributed by atoms with Crippen LogP contribution >= 0.6 is 0 Å². The summed E-state index contributed by atoms with van der Waals surface area (Å²) in [7, 11) is 1.60. The second kappa shape index (κ2) is 6.36. The maximum absolute atomic E-state index is 12.0. The molecule has 2 nitrogen and oxygen atoms in total. The summed E-state index contributed by atoms with van der Waals surface area (Å²) in [6.45, 7) is 2.11. The minimum Gasteiger partial charge on any atom is -0.373 e. The van der Waals surface area contributed by atoms with Gasteiger partial charge in [0.25, 0.3) is 0 Å². The summed E-state index contributed by atoms with van der Waals surface area (Å²) >= 11 is 0. The van der Waals surface area contributed by atoms with Crippen LogP contribution in [0.2, 0.25) is 0 Å². The highest BCUT2D eigenvalue weighted by Crippen LogP contribution is 2.11. The topological polar surface area (TPSA) is 26.3 Å². The molecule has 1 atom stereocenters. The van der Waals surface area contributed by atoms with E-state index in [-0.39, 0.29) is 11.9 Å². The van der Waals surface area contributed by atoms with Crippen molar-refractivity contribution < 1.29 is 9.53 Å². The van der Waals surface area contributed by atoms with Crippen LogP contribution in [-0.2, 0) is 4.74 Å². The fraction of sp³-hybridized carbons (Fsp3) is 0.462. The third-order valence-corrected chi connectivity index (χ3v) is 2.46. The van der Waals surface area contributed by atoms with Crippen molar-refractivity contribution in [3.63, 3.8) is 0 Å². The summed E-state index contributed by atoms with van der Waals surface area (Å²) in [5, 5.41) is 0. The second-order valence-electron chi connectivity index (χ2n) is 3.60. The molecule has 0 saturated carbocycles. The Bertz CT molecular complexity index is 293. The highest BCUT2D eigenvalue weighted by molar-refractivity contribution is 5.99. The average molecular weight is 206 g/mol. The summed E-state index contributed by atoms with van der Waals surface area (Å²) in [4.78, 5) is 12.0. The Balaban J connectivity index is 2.65. The van der Waals surface area contributed by atoms with E-state index in [2.05, 4.69) is 6.92 Å². The van der Waals surface area contributed by atoms with Crippen molar-refractivity contribution in [2.75, 3.05) is 7.11 Å². The van der Waals surface area contributed by atoms with Crippen LogP contribution in [-0.4, -0.2) is 19.0 Å². The molecule has 0 spiro atoms. The molecular weight excluding hydrogens is 188 g/mol. The van der Waals surface area contributed by atoms with Crippen molar-refractivity contribution in [1.29, 1.82) is 0 Å². The molecule has 0 heterocycles. The Morgan fingerprint density at radius 1 is 1.33 bits per heavy atom. The molecule has 82 valence electrons. The van der Waals surface area contributed by atoms with Crippen LogP contribution in [0.3, 0.4) is 0 Å². The van der Waals surface area contributed by atoms with Gasteiger partial charge in [0, 0.05) is 12.7 Å². The van der Waals surface area contributed by atoms with Crippen molar-refractivity contribution >= 4 is 5.78 Å². The van der Waals surface area contributed by atoms with Gasteiger partial charge in [0.05, 0.1) is 0 Å². The van der Waals surface area contributed by atoms with Gasteiger partial charge in [-0.2, -0.15) is 0 Å². The van der Waals surface area contributed by atoms with E-state index in [1.807, 2.05) is 30.3 Å². The Labute approximate surface area is 91.3 Å². The summed E-state index contributed by atoms with van der Waals surface area (Å²) in [6.07, 6.45) is 2.63. The number of hydrogen-bond acceptors (Lipinski definition) is 2. The SMILES string of the molecule is CCCC[C@@H](OC)C(=O)c1ccccc1. The normalized spacial score (nSPS) is 12.4. The van der Waals surface area contributed by atoms with Crippen LogP contribution in [0.15, 0.2) is 30.3 Å². The molecule has 0 fully saturated rings. The van der Waals surface area contributed by atoms with Crippen LogP contribution in [0.1, 0.15) is 36.5 Å². The predicted molar refractivity (Wildman–Crippen MR) is 61.1 cm³/mol. The number of Topliss-reactive ketones (excluding diaryl/α,β-unsaturated/α-hetero) is 1. The lowest BCUT2D eigenvalue weighted by Gasteiger charge is -2.13. The molecule has 1 rings (SSSR count). The Morgan fingerprint density at radius 3 is 2.53 bits per heavy atom. The third-order valence-electron chi connectivity index (χ3n) is 2.46. The zero-order chi connectivity index (χ0) is 11.1. The zero-order valence-electron chi connectivity index (χ0n) is 9.40. The van der Waals surface area contributed by atoms with E-state index in [1.54, 1.807) is 7.11 Å². The van der Waals surface area contributed by atoms with Crippen LogP contribution in [0.25, 0.3) is 0 Å². The maximum Gasteiger partial charge on any atom is 0.191 e. The Kier molecular flexibility index (Phi) is 5.05.